The second kappa shape index (κ2) is 4.95. The fourth-order valence-electron chi connectivity index (χ4n) is 2.78. The summed E-state index contributed by atoms with van der Waals surface area (Å²) >= 11 is 0. The normalized spacial score (nSPS) is 11.2. The number of nitrogens with one attached hydrogen (secondary N) is 2. The van der Waals surface area contributed by atoms with Gasteiger partial charge in [0.2, 0.25) is 5.71 Å². The van der Waals surface area contributed by atoms with Gasteiger partial charge in [0.1, 0.15) is 5.39 Å². The summed E-state index contributed by atoms with van der Waals surface area (Å²) in [7, 11) is 0. The Morgan fingerprint density at radius 1 is 0.875 bits per heavy atom. The van der Waals surface area contributed by atoms with E-state index in [-0.39, 0.29) is 28.2 Å². The minimum absolute atomic E-state index is 0.0380. The SMILES string of the molecule is O=c1[nH]c(=O)c2c(-c3ccccc3)c3c(=O)ccc(O)c-3oc2[nH]1. The van der Waals surface area contributed by atoms with Gasteiger partial charge in [-0.15, -0.1) is 0 Å². The summed E-state index contributed by atoms with van der Waals surface area (Å²) in [6, 6.07) is 11.2. The zero-order valence-electron chi connectivity index (χ0n) is 12.1. The first-order chi connectivity index (χ1) is 11.6. The van der Waals surface area contributed by atoms with E-state index in [0.29, 0.717) is 11.1 Å². The predicted molar refractivity (Wildman–Crippen MR) is 87.4 cm³/mol. The number of rotatable bonds is 1. The maximum atomic E-state index is 12.4. The van der Waals surface area contributed by atoms with E-state index in [1.54, 1.807) is 30.3 Å². The zero-order chi connectivity index (χ0) is 16.8. The molecule has 3 N–H and O–H groups in total. The Bertz CT molecular complexity index is 1220. The molecule has 0 spiro atoms. The summed E-state index contributed by atoms with van der Waals surface area (Å²) in [6.07, 6.45) is 0. The minimum atomic E-state index is -0.743. The van der Waals surface area contributed by atoms with Gasteiger partial charge < -0.3 is 9.52 Å². The van der Waals surface area contributed by atoms with Crippen molar-refractivity contribution in [2.45, 2.75) is 0 Å². The fourth-order valence-corrected chi connectivity index (χ4v) is 2.78. The van der Waals surface area contributed by atoms with Crippen molar-refractivity contribution >= 4 is 11.1 Å². The number of aromatic amines is 2. The van der Waals surface area contributed by atoms with Crippen molar-refractivity contribution in [1.82, 2.24) is 9.97 Å². The molecule has 0 saturated heterocycles. The van der Waals surface area contributed by atoms with Crippen molar-refractivity contribution in [2.75, 3.05) is 0 Å². The van der Waals surface area contributed by atoms with Crippen LogP contribution in [0.15, 0.2) is 61.3 Å². The lowest BCUT2D eigenvalue weighted by Gasteiger charge is -2.14. The molecule has 0 atom stereocenters. The van der Waals surface area contributed by atoms with Crippen LogP contribution in [0.5, 0.6) is 5.75 Å². The summed E-state index contributed by atoms with van der Waals surface area (Å²) in [5.41, 5.74) is -0.984. The third-order valence-electron chi connectivity index (χ3n) is 3.77. The van der Waals surface area contributed by atoms with Gasteiger partial charge in [0.05, 0.1) is 5.56 Å². The molecule has 2 aliphatic rings. The molecule has 1 aromatic carbocycles. The predicted octanol–water partition coefficient (Wildman–Crippen LogP) is 1.65. The second-order valence-electron chi connectivity index (χ2n) is 5.24. The highest BCUT2D eigenvalue weighted by atomic mass is 16.4. The lowest BCUT2D eigenvalue weighted by molar-refractivity contribution is 0.453. The molecule has 0 unspecified atom stereocenters. The lowest BCUT2D eigenvalue weighted by atomic mass is 9.94. The van der Waals surface area contributed by atoms with Gasteiger partial charge in [0.15, 0.2) is 16.9 Å². The number of aromatic hydroxyl groups is 1. The summed E-state index contributed by atoms with van der Waals surface area (Å²) in [4.78, 5) is 40.8. The highest BCUT2D eigenvalue weighted by Gasteiger charge is 2.24. The van der Waals surface area contributed by atoms with Crippen LogP contribution in [0.1, 0.15) is 0 Å². The van der Waals surface area contributed by atoms with Crippen LogP contribution in [0.3, 0.4) is 0 Å². The van der Waals surface area contributed by atoms with Crippen molar-refractivity contribution in [1.29, 1.82) is 0 Å². The number of H-pyrrole nitrogens is 2. The number of phenolic OH excluding ortho intramolecular Hbond substituents is 1. The Balaban J connectivity index is 2.37. The number of fused-ring (bicyclic) bond motifs is 2. The van der Waals surface area contributed by atoms with Gasteiger partial charge >= 0.3 is 5.69 Å². The van der Waals surface area contributed by atoms with Gasteiger partial charge in [0, 0.05) is 5.56 Å². The Morgan fingerprint density at radius 3 is 2.38 bits per heavy atom. The molecule has 0 bridgehead atoms. The monoisotopic (exact) mass is 322 g/mol. The second-order valence-corrected chi connectivity index (χ2v) is 5.24. The van der Waals surface area contributed by atoms with Crippen molar-refractivity contribution in [3.8, 4) is 28.2 Å². The van der Waals surface area contributed by atoms with Crippen LogP contribution in [-0.4, -0.2) is 15.1 Å². The lowest BCUT2D eigenvalue weighted by Crippen LogP contribution is -2.23. The van der Waals surface area contributed by atoms with Crippen LogP contribution < -0.4 is 16.7 Å². The van der Waals surface area contributed by atoms with Gasteiger partial charge in [-0.2, -0.15) is 0 Å². The first-order valence-electron chi connectivity index (χ1n) is 7.07. The molecule has 1 aliphatic carbocycles. The summed E-state index contributed by atoms with van der Waals surface area (Å²) in [5.74, 6) is -0.347. The van der Waals surface area contributed by atoms with E-state index in [9.17, 15) is 19.5 Å². The van der Waals surface area contributed by atoms with Crippen molar-refractivity contribution in [3.05, 3.63) is 73.5 Å². The average molecular weight is 322 g/mol. The first-order valence-corrected chi connectivity index (χ1v) is 7.07. The maximum Gasteiger partial charge on any atom is 0.328 e. The van der Waals surface area contributed by atoms with Crippen LogP contribution >= 0.6 is 0 Å². The van der Waals surface area contributed by atoms with E-state index in [1.807, 2.05) is 0 Å². The van der Waals surface area contributed by atoms with Crippen LogP contribution in [0.25, 0.3) is 33.6 Å². The molecule has 2 heterocycles. The van der Waals surface area contributed by atoms with Crippen LogP contribution in [0, 0.1) is 0 Å². The molecular formula is C17H10N2O5. The van der Waals surface area contributed by atoms with Gasteiger partial charge in [-0.1, -0.05) is 30.3 Å². The van der Waals surface area contributed by atoms with E-state index in [1.165, 1.54) is 12.1 Å². The van der Waals surface area contributed by atoms with Gasteiger partial charge in [-0.25, -0.2) is 4.79 Å². The number of benzene rings is 2. The Morgan fingerprint density at radius 2 is 1.62 bits per heavy atom. The summed E-state index contributed by atoms with van der Waals surface area (Å²) in [6.45, 7) is 0. The number of aromatic nitrogens is 2. The molecule has 0 saturated carbocycles. The number of phenols is 1. The molecule has 1 aromatic heterocycles. The number of hydrogen-bond donors (Lipinski definition) is 3. The van der Waals surface area contributed by atoms with E-state index in [2.05, 4.69) is 9.97 Å². The molecule has 7 heteroatoms. The molecule has 7 nitrogen and oxygen atoms in total. The third kappa shape index (κ3) is 1.95. The zero-order valence-corrected chi connectivity index (χ0v) is 12.1. The highest BCUT2D eigenvalue weighted by molar-refractivity contribution is 6.00. The fraction of sp³-hybridized carbons (Fsp3) is 0. The largest absolute Gasteiger partial charge is 0.504 e. The third-order valence-corrected chi connectivity index (χ3v) is 3.77. The molecule has 1 aliphatic heterocycles. The van der Waals surface area contributed by atoms with Gasteiger partial charge in [-0.05, 0) is 17.7 Å². The average Bonchev–Trinajstić information content (AvgIpc) is 2.57. The van der Waals surface area contributed by atoms with Crippen LogP contribution in [-0.2, 0) is 0 Å². The molecule has 4 rings (SSSR count). The van der Waals surface area contributed by atoms with E-state index < -0.39 is 16.7 Å². The molecule has 118 valence electrons. The molecule has 0 fully saturated rings. The molecule has 0 radical (unpaired) electrons. The number of hydrogen-bond acceptors (Lipinski definition) is 5. The summed E-state index contributed by atoms with van der Waals surface area (Å²) < 4.78 is 5.46. The topological polar surface area (TPSA) is 116 Å². The van der Waals surface area contributed by atoms with Gasteiger partial charge in [0.25, 0.3) is 5.56 Å². The highest BCUT2D eigenvalue weighted by Crippen LogP contribution is 2.39. The standard InChI is InChI=1S/C17H10N2O5/c20-9-6-7-10(21)14-12(9)11(8-4-2-1-3-5-8)13-15(22)18-17(23)19-16(13)24-14/h1-7,21H,(H2,18,19,22,23). The van der Waals surface area contributed by atoms with E-state index in [0.717, 1.165) is 0 Å². The Hall–Kier alpha value is -3.61. The summed E-state index contributed by atoms with van der Waals surface area (Å²) in [5, 5.41) is 10.1. The molecular weight excluding hydrogens is 312 g/mol. The molecule has 24 heavy (non-hydrogen) atoms. The smallest absolute Gasteiger partial charge is 0.328 e. The van der Waals surface area contributed by atoms with Gasteiger partial charge in [-0.3, -0.25) is 19.6 Å². The van der Waals surface area contributed by atoms with E-state index in [4.69, 9.17) is 4.42 Å². The van der Waals surface area contributed by atoms with Crippen molar-refractivity contribution in [3.63, 3.8) is 0 Å². The quantitative estimate of drug-likeness (QED) is 0.461. The van der Waals surface area contributed by atoms with Crippen LogP contribution in [0.4, 0.5) is 0 Å². The maximum absolute atomic E-state index is 12.4. The van der Waals surface area contributed by atoms with Crippen LogP contribution in [0.2, 0.25) is 0 Å². The Kier molecular flexibility index (Phi) is 2.89. The molecule has 2 aromatic rings. The van der Waals surface area contributed by atoms with Crippen molar-refractivity contribution < 1.29 is 9.52 Å². The van der Waals surface area contributed by atoms with E-state index >= 15 is 0 Å². The van der Waals surface area contributed by atoms with Crippen molar-refractivity contribution in [2.24, 2.45) is 0 Å². The molecule has 0 amide bonds. The first kappa shape index (κ1) is 14.0. The Labute approximate surface area is 133 Å². The minimum Gasteiger partial charge on any atom is -0.504 e.